The summed E-state index contributed by atoms with van der Waals surface area (Å²) in [5.74, 6) is -0.810. The maximum Gasteiger partial charge on any atom is 0.410 e. The summed E-state index contributed by atoms with van der Waals surface area (Å²) in [7, 11) is 0. The average Bonchev–Trinajstić information content (AvgIpc) is 2.14. The Hall–Kier alpha value is -0.840. The zero-order valence-electron chi connectivity index (χ0n) is 10.2. The van der Waals surface area contributed by atoms with Gasteiger partial charge in [0.1, 0.15) is 11.8 Å². The van der Waals surface area contributed by atoms with Crippen LogP contribution in [0.25, 0.3) is 0 Å². The molecule has 1 heterocycles. The van der Waals surface area contributed by atoms with Gasteiger partial charge < -0.3 is 9.64 Å². The number of nitrogens with zero attached hydrogens (tertiary/aromatic N) is 1. The molecule has 1 fully saturated rings. The Morgan fingerprint density at radius 3 is 2.41 bits per heavy atom. The summed E-state index contributed by atoms with van der Waals surface area (Å²) in [5, 5.41) is -0.679. The van der Waals surface area contributed by atoms with Gasteiger partial charge in [-0.25, -0.2) is 9.18 Å². The van der Waals surface area contributed by atoms with Crippen LogP contribution in [0.4, 0.5) is 9.18 Å². The van der Waals surface area contributed by atoms with Crippen molar-refractivity contribution in [2.24, 2.45) is 5.92 Å². The lowest BCUT2D eigenvalue weighted by Gasteiger charge is -2.34. The van der Waals surface area contributed by atoms with E-state index in [1.807, 2.05) is 0 Å². The Labute approximate surface area is 105 Å². The second kappa shape index (κ2) is 5.21. The van der Waals surface area contributed by atoms with E-state index >= 15 is 0 Å². The molecule has 0 radical (unpaired) electrons. The molecular formula is C11H17ClFNO3. The number of hydrogen-bond acceptors (Lipinski definition) is 3. The molecule has 0 bridgehead atoms. The minimum atomic E-state index is -1.42. The van der Waals surface area contributed by atoms with E-state index in [0.717, 1.165) is 0 Å². The Balaban J connectivity index is 2.55. The first-order valence-electron chi connectivity index (χ1n) is 5.52. The highest BCUT2D eigenvalue weighted by Crippen LogP contribution is 2.24. The molecule has 1 rings (SSSR count). The molecule has 0 N–H and O–H groups in total. The summed E-state index contributed by atoms with van der Waals surface area (Å²) in [6.07, 6.45) is -1.73. The number of amides is 1. The minimum Gasteiger partial charge on any atom is -0.444 e. The summed E-state index contributed by atoms with van der Waals surface area (Å²) in [6.45, 7) is 5.38. The monoisotopic (exact) mass is 265 g/mol. The molecule has 1 amide bonds. The molecule has 0 aliphatic carbocycles. The highest BCUT2D eigenvalue weighted by Gasteiger charge is 2.36. The highest BCUT2D eigenvalue weighted by molar-refractivity contribution is 6.64. The van der Waals surface area contributed by atoms with E-state index in [4.69, 9.17) is 16.3 Å². The summed E-state index contributed by atoms with van der Waals surface area (Å²) in [6, 6.07) is 0. The number of likely N-dealkylation sites (tertiary alicyclic amines) is 1. The van der Waals surface area contributed by atoms with E-state index in [0.29, 0.717) is 6.54 Å². The summed E-state index contributed by atoms with van der Waals surface area (Å²) in [5.41, 5.74) is -0.609. The Kier molecular flexibility index (Phi) is 4.36. The number of halogens is 2. The first kappa shape index (κ1) is 14.2. The van der Waals surface area contributed by atoms with Crippen molar-refractivity contribution >= 4 is 22.9 Å². The predicted octanol–water partition coefficient (Wildman–Crippen LogP) is 2.35. The van der Waals surface area contributed by atoms with E-state index < -0.39 is 29.0 Å². The summed E-state index contributed by atoms with van der Waals surface area (Å²) in [4.78, 5) is 23.8. The van der Waals surface area contributed by atoms with Crippen LogP contribution in [0, 0.1) is 5.92 Å². The topological polar surface area (TPSA) is 46.6 Å². The molecule has 98 valence electrons. The van der Waals surface area contributed by atoms with Crippen LogP contribution in [0.2, 0.25) is 0 Å². The lowest BCUT2D eigenvalue weighted by molar-refractivity contribution is -0.118. The Morgan fingerprint density at radius 1 is 1.41 bits per heavy atom. The van der Waals surface area contributed by atoms with Crippen molar-refractivity contribution in [2.75, 3.05) is 13.1 Å². The van der Waals surface area contributed by atoms with Gasteiger partial charge in [-0.2, -0.15) is 0 Å². The van der Waals surface area contributed by atoms with E-state index in [-0.39, 0.29) is 13.0 Å². The van der Waals surface area contributed by atoms with E-state index in [2.05, 4.69) is 0 Å². The fourth-order valence-corrected chi connectivity index (χ4v) is 1.90. The maximum atomic E-state index is 13.6. The molecule has 0 aromatic heterocycles. The Bertz CT molecular complexity index is 316. The SMILES string of the molecule is CC(C)(C)OC(=O)N1CC[C@@H](C(=O)Cl)[C@@H](F)C1. The molecule has 0 aromatic carbocycles. The number of alkyl halides is 1. The standard InChI is InChI=1S/C11H17ClFNO3/c1-11(2,3)17-10(16)14-5-4-7(9(12)15)8(13)6-14/h7-8H,4-6H2,1-3H3/t7-,8+/m1/s1. The Morgan fingerprint density at radius 2 is 2.00 bits per heavy atom. The van der Waals surface area contributed by atoms with Crippen molar-refractivity contribution in [3.8, 4) is 0 Å². The maximum absolute atomic E-state index is 13.6. The fraction of sp³-hybridized carbons (Fsp3) is 0.818. The van der Waals surface area contributed by atoms with Crippen molar-refractivity contribution in [1.82, 2.24) is 4.90 Å². The largest absolute Gasteiger partial charge is 0.444 e. The molecule has 1 aliphatic heterocycles. The van der Waals surface area contributed by atoms with Crippen LogP contribution in [0.1, 0.15) is 27.2 Å². The first-order chi connectivity index (χ1) is 7.70. The highest BCUT2D eigenvalue weighted by atomic mass is 35.5. The quantitative estimate of drug-likeness (QED) is 0.684. The van der Waals surface area contributed by atoms with Gasteiger partial charge in [0.15, 0.2) is 0 Å². The van der Waals surface area contributed by atoms with Crippen molar-refractivity contribution in [3.05, 3.63) is 0 Å². The third-order valence-corrected chi connectivity index (χ3v) is 2.76. The number of carbonyl (C=O) groups excluding carboxylic acids is 2. The van der Waals surface area contributed by atoms with Gasteiger partial charge in [-0.05, 0) is 38.8 Å². The lowest BCUT2D eigenvalue weighted by Crippen LogP contribution is -2.48. The molecule has 0 saturated carbocycles. The minimum absolute atomic E-state index is 0.141. The van der Waals surface area contributed by atoms with Crippen molar-refractivity contribution in [2.45, 2.75) is 39.0 Å². The van der Waals surface area contributed by atoms with Crippen LogP contribution < -0.4 is 0 Å². The van der Waals surface area contributed by atoms with Crippen molar-refractivity contribution < 1.29 is 18.7 Å². The van der Waals surface area contributed by atoms with Gasteiger partial charge in [-0.1, -0.05) is 0 Å². The van der Waals surface area contributed by atoms with Crippen LogP contribution in [0.15, 0.2) is 0 Å². The smallest absolute Gasteiger partial charge is 0.410 e. The van der Waals surface area contributed by atoms with E-state index in [1.54, 1.807) is 20.8 Å². The molecule has 1 saturated heterocycles. The first-order valence-corrected chi connectivity index (χ1v) is 5.90. The molecule has 0 unspecified atom stereocenters. The molecule has 1 aliphatic rings. The zero-order chi connectivity index (χ0) is 13.2. The molecule has 4 nitrogen and oxygen atoms in total. The van der Waals surface area contributed by atoms with E-state index in [9.17, 15) is 14.0 Å². The van der Waals surface area contributed by atoms with E-state index in [1.165, 1.54) is 4.90 Å². The van der Waals surface area contributed by atoms with Gasteiger partial charge in [0.25, 0.3) is 0 Å². The molecule has 6 heteroatoms. The third kappa shape index (κ3) is 4.15. The van der Waals surface area contributed by atoms with Gasteiger partial charge in [0, 0.05) is 6.54 Å². The number of hydrogen-bond donors (Lipinski definition) is 0. The van der Waals surface area contributed by atoms with Crippen LogP contribution in [-0.2, 0) is 9.53 Å². The van der Waals surface area contributed by atoms with Gasteiger partial charge in [-0.15, -0.1) is 0 Å². The normalized spacial score (nSPS) is 25.6. The van der Waals surface area contributed by atoms with Crippen LogP contribution in [0.3, 0.4) is 0 Å². The number of carbonyl (C=O) groups is 2. The van der Waals surface area contributed by atoms with Gasteiger partial charge in [0.2, 0.25) is 5.24 Å². The number of piperidine rings is 1. The van der Waals surface area contributed by atoms with Crippen LogP contribution >= 0.6 is 11.6 Å². The van der Waals surface area contributed by atoms with Crippen molar-refractivity contribution in [3.63, 3.8) is 0 Å². The summed E-state index contributed by atoms with van der Waals surface area (Å²) < 4.78 is 18.7. The fourth-order valence-electron chi connectivity index (χ4n) is 1.65. The second-order valence-electron chi connectivity index (χ2n) is 5.14. The van der Waals surface area contributed by atoms with Gasteiger partial charge in [-0.3, -0.25) is 4.79 Å². The molecule has 0 spiro atoms. The molecule has 2 atom stereocenters. The average molecular weight is 266 g/mol. The summed E-state index contributed by atoms with van der Waals surface area (Å²) >= 11 is 5.27. The molecular weight excluding hydrogens is 249 g/mol. The number of rotatable bonds is 1. The van der Waals surface area contributed by atoms with Crippen molar-refractivity contribution in [1.29, 1.82) is 0 Å². The molecule has 0 aromatic rings. The lowest BCUT2D eigenvalue weighted by atomic mass is 9.97. The zero-order valence-corrected chi connectivity index (χ0v) is 11.0. The predicted molar refractivity (Wildman–Crippen MR) is 61.7 cm³/mol. The molecule has 17 heavy (non-hydrogen) atoms. The van der Waals surface area contributed by atoms with Crippen LogP contribution in [-0.4, -0.2) is 41.1 Å². The second-order valence-corrected chi connectivity index (χ2v) is 5.51. The third-order valence-electron chi connectivity index (χ3n) is 2.48. The van der Waals surface area contributed by atoms with Gasteiger partial charge in [0.05, 0.1) is 12.5 Å². The number of ether oxygens (including phenoxy) is 1. The van der Waals surface area contributed by atoms with Gasteiger partial charge >= 0.3 is 6.09 Å². The van der Waals surface area contributed by atoms with Crippen LogP contribution in [0.5, 0.6) is 0 Å².